The Hall–Kier alpha value is -3.73. The van der Waals surface area contributed by atoms with Gasteiger partial charge in [0, 0.05) is 18.0 Å². The Morgan fingerprint density at radius 2 is 1.39 bits per heavy atom. The van der Waals surface area contributed by atoms with E-state index in [4.69, 9.17) is 11.6 Å². The average molecular weight is 559 g/mol. The van der Waals surface area contributed by atoms with Crippen molar-refractivity contribution < 1.29 is 33.0 Å². The molecule has 38 heavy (non-hydrogen) atoms. The number of hydrogen-bond donors (Lipinski definition) is 4. The maximum atomic E-state index is 12.8. The van der Waals surface area contributed by atoms with Crippen molar-refractivity contribution in [3.8, 4) is 11.1 Å². The number of nitrogens with one attached hydrogen (secondary N) is 2. The molecular formula is C27H27ClN2O7S. The fourth-order valence-corrected chi connectivity index (χ4v) is 5.13. The Kier molecular flexibility index (Phi) is 10.0. The van der Waals surface area contributed by atoms with E-state index in [9.17, 15) is 33.0 Å². The van der Waals surface area contributed by atoms with Gasteiger partial charge in [-0.2, -0.15) is 4.72 Å². The Morgan fingerprint density at radius 1 is 0.816 bits per heavy atom. The predicted molar refractivity (Wildman–Crippen MR) is 142 cm³/mol. The number of sulfonamides is 1. The molecule has 2 atom stereocenters. The molecule has 0 radical (unpaired) electrons. The standard InChI is InChI=1S/C27H27ClN2O7S/c28-21-12-8-18(9-13-21)19-10-14-22(15-11-19)38(36,37)30-24(27(34)35)7-4-16-29-25(31)17-23(26(32)33)20-5-2-1-3-6-20/h1-3,5-6,8-15,23-24,30H,4,7,16-17H2,(H,29,31)(H,32,33)(H,34,35)/t23?,24-/m1/s1. The average Bonchev–Trinajstić information content (AvgIpc) is 2.89. The minimum atomic E-state index is -4.12. The third kappa shape index (κ3) is 8.14. The van der Waals surface area contributed by atoms with Gasteiger partial charge in [-0.25, -0.2) is 8.42 Å². The van der Waals surface area contributed by atoms with Crippen molar-refractivity contribution in [1.82, 2.24) is 10.0 Å². The van der Waals surface area contributed by atoms with E-state index in [1.807, 2.05) is 0 Å². The number of carbonyl (C=O) groups is 3. The molecule has 11 heteroatoms. The number of rotatable bonds is 13. The zero-order chi connectivity index (χ0) is 27.7. The highest BCUT2D eigenvalue weighted by Crippen LogP contribution is 2.23. The summed E-state index contributed by atoms with van der Waals surface area (Å²) in [5, 5.41) is 22.1. The van der Waals surface area contributed by atoms with Crippen molar-refractivity contribution >= 4 is 39.5 Å². The molecule has 0 aromatic heterocycles. The summed E-state index contributed by atoms with van der Waals surface area (Å²) in [7, 11) is -4.12. The molecule has 0 aliphatic carbocycles. The summed E-state index contributed by atoms with van der Waals surface area (Å²) in [6.45, 7) is 0.0568. The Balaban J connectivity index is 1.53. The van der Waals surface area contributed by atoms with Gasteiger partial charge in [-0.15, -0.1) is 0 Å². The van der Waals surface area contributed by atoms with Crippen LogP contribution in [0.1, 0.15) is 30.7 Å². The third-order valence-electron chi connectivity index (χ3n) is 5.82. The third-order valence-corrected chi connectivity index (χ3v) is 7.56. The highest BCUT2D eigenvalue weighted by molar-refractivity contribution is 7.89. The molecule has 4 N–H and O–H groups in total. The number of hydrogen-bond acceptors (Lipinski definition) is 5. The molecule has 3 aromatic carbocycles. The Bertz CT molecular complexity index is 1360. The fourth-order valence-electron chi connectivity index (χ4n) is 3.78. The first-order valence-electron chi connectivity index (χ1n) is 11.7. The lowest BCUT2D eigenvalue weighted by atomic mass is 9.95. The summed E-state index contributed by atoms with van der Waals surface area (Å²) in [5.74, 6) is -4.00. The summed E-state index contributed by atoms with van der Waals surface area (Å²) >= 11 is 5.90. The van der Waals surface area contributed by atoms with Gasteiger partial charge in [-0.3, -0.25) is 14.4 Å². The zero-order valence-corrected chi connectivity index (χ0v) is 21.8. The molecule has 0 spiro atoms. The van der Waals surface area contributed by atoms with E-state index in [0.717, 1.165) is 11.1 Å². The van der Waals surface area contributed by atoms with Crippen LogP contribution in [-0.4, -0.2) is 49.1 Å². The van der Waals surface area contributed by atoms with E-state index < -0.39 is 39.8 Å². The van der Waals surface area contributed by atoms with Crippen LogP contribution in [0.4, 0.5) is 0 Å². The van der Waals surface area contributed by atoms with Gasteiger partial charge in [-0.05, 0) is 53.8 Å². The van der Waals surface area contributed by atoms with E-state index in [1.54, 1.807) is 66.7 Å². The maximum absolute atomic E-state index is 12.8. The van der Waals surface area contributed by atoms with Crippen molar-refractivity contribution in [3.63, 3.8) is 0 Å². The molecule has 0 saturated heterocycles. The van der Waals surface area contributed by atoms with Crippen LogP contribution < -0.4 is 10.0 Å². The van der Waals surface area contributed by atoms with Crippen LogP contribution in [0.25, 0.3) is 11.1 Å². The molecule has 3 aromatic rings. The molecule has 0 fully saturated rings. The van der Waals surface area contributed by atoms with Crippen LogP contribution in [0.2, 0.25) is 5.02 Å². The lowest BCUT2D eigenvalue weighted by Gasteiger charge is -2.16. The van der Waals surface area contributed by atoms with Gasteiger partial charge < -0.3 is 15.5 Å². The molecule has 1 unspecified atom stereocenters. The number of aliphatic carboxylic acids is 2. The smallest absolute Gasteiger partial charge is 0.321 e. The van der Waals surface area contributed by atoms with E-state index in [0.29, 0.717) is 10.6 Å². The molecule has 0 saturated carbocycles. The Morgan fingerprint density at radius 3 is 1.95 bits per heavy atom. The number of carboxylic acids is 2. The SMILES string of the molecule is O=C(CC(C(=O)O)c1ccccc1)NCCC[C@@H](NS(=O)(=O)c1ccc(-c2ccc(Cl)cc2)cc1)C(=O)O. The quantitative estimate of drug-likeness (QED) is 0.232. The van der Waals surface area contributed by atoms with Crippen molar-refractivity contribution in [3.05, 3.63) is 89.4 Å². The number of halogens is 1. The minimum absolute atomic E-state index is 0.0568. The van der Waals surface area contributed by atoms with Crippen molar-refractivity contribution in [1.29, 1.82) is 0 Å². The van der Waals surface area contributed by atoms with Crippen LogP contribution in [0, 0.1) is 0 Å². The lowest BCUT2D eigenvalue weighted by molar-refractivity contribution is -0.141. The van der Waals surface area contributed by atoms with Gasteiger partial charge in [0.1, 0.15) is 6.04 Å². The zero-order valence-electron chi connectivity index (χ0n) is 20.2. The number of carbonyl (C=O) groups excluding carboxylic acids is 1. The molecule has 0 heterocycles. The maximum Gasteiger partial charge on any atom is 0.321 e. The molecule has 0 bridgehead atoms. The normalized spacial score (nSPS) is 12.9. The topological polar surface area (TPSA) is 150 Å². The van der Waals surface area contributed by atoms with Gasteiger partial charge >= 0.3 is 11.9 Å². The largest absolute Gasteiger partial charge is 0.481 e. The highest BCUT2D eigenvalue weighted by atomic mass is 35.5. The summed E-state index contributed by atoms with van der Waals surface area (Å²) < 4.78 is 27.8. The minimum Gasteiger partial charge on any atom is -0.481 e. The summed E-state index contributed by atoms with van der Waals surface area (Å²) in [6, 6.07) is 20.0. The molecular weight excluding hydrogens is 532 g/mol. The number of carboxylic acid groups (broad SMARTS) is 2. The molecule has 0 aliphatic heterocycles. The van der Waals surface area contributed by atoms with Gasteiger partial charge in [0.05, 0.1) is 10.8 Å². The van der Waals surface area contributed by atoms with E-state index in [1.165, 1.54) is 12.1 Å². The molecule has 3 rings (SSSR count). The highest BCUT2D eigenvalue weighted by Gasteiger charge is 2.26. The van der Waals surface area contributed by atoms with Crippen LogP contribution >= 0.6 is 11.6 Å². The molecule has 0 aliphatic rings. The summed E-state index contributed by atoms with van der Waals surface area (Å²) in [4.78, 5) is 35.4. The van der Waals surface area contributed by atoms with Crippen molar-refractivity contribution in [2.75, 3.05) is 6.54 Å². The Labute approximate surface area is 225 Å². The second kappa shape index (κ2) is 13.2. The van der Waals surface area contributed by atoms with E-state index in [2.05, 4.69) is 10.0 Å². The van der Waals surface area contributed by atoms with Crippen LogP contribution in [0.15, 0.2) is 83.8 Å². The molecule has 9 nitrogen and oxygen atoms in total. The first-order chi connectivity index (χ1) is 18.1. The van der Waals surface area contributed by atoms with Crippen LogP contribution in [0.5, 0.6) is 0 Å². The molecule has 200 valence electrons. The lowest BCUT2D eigenvalue weighted by Crippen LogP contribution is -2.41. The van der Waals surface area contributed by atoms with Crippen molar-refractivity contribution in [2.24, 2.45) is 0 Å². The number of amides is 1. The van der Waals surface area contributed by atoms with Gasteiger partial charge in [0.25, 0.3) is 0 Å². The predicted octanol–water partition coefficient (Wildman–Crippen LogP) is 3.89. The van der Waals surface area contributed by atoms with Crippen LogP contribution in [-0.2, 0) is 24.4 Å². The van der Waals surface area contributed by atoms with Crippen LogP contribution in [0.3, 0.4) is 0 Å². The van der Waals surface area contributed by atoms with Gasteiger partial charge in [0.2, 0.25) is 15.9 Å². The monoisotopic (exact) mass is 558 g/mol. The van der Waals surface area contributed by atoms with E-state index in [-0.39, 0.29) is 30.7 Å². The summed E-state index contributed by atoms with van der Waals surface area (Å²) in [6.07, 6.45) is -0.205. The molecule has 1 amide bonds. The van der Waals surface area contributed by atoms with Crippen molar-refractivity contribution in [2.45, 2.75) is 36.1 Å². The number of benzene rings is 3. The first kappa shape index (κ1) is 28.8. The summed E-state index contributed by atoms with van der Waals surface area (Å²) in [5.41, 5.74) is 2.11. The second-order valence-electron chi connectivity index (χ2n) is 8.54. The first-order valence-corrected chi connectivity index (χ1v) is 13.6. The fraction of sp³-hybridized carbons (Fsp3) is 0.222. The van der Waals surface area contributed by atoms with Gasteiger partial charge in [0.15, 0.2) is 0 Å². The van der Waals surface area contributed by atoms with E-state index >= 15 is 0 Å². The van der Waals surface area contributed by atoms with Gasteiger partial charge in [-0.1, -0.05) is 66.2 Å². The second-order valence-corrected chi connectivity index (χ2v) is 10.7.